The topological polar surface area (TPSA) is 52.7 Å². The van der Waals surface area contributed by atoms with E-state index in [1.165, 1.54) is 12.8 Å². The highest BCUT2D eigenvalue weighted by atomic mass is 16.2. The Hall–Kier alpha value is -2.04. The molecule has 3 rings (SSSR count). The number of urea groups is 1. The van der Waals surface area contributed by atoms with Crippen molar-refractivity contribution in [3.8, 4) is 0 Å². The van der Waals surface area contributed by atoms with Gasteiger partial charge in [-0.15, -0.1) is 0 Å². The zero-order valence-corrected chi connectivity index (χ0v) is 15.1. The van der Waals surface area contributed by atoms with E-state index >= 15 is 0 Å². The smallest absolute Gasteiger partial charge is 0.317 e. The highest BCUT2D eigenvalue weighted by Gasteiger charge is 2.30. The van der Waals surface area contributed by atoms with Crippen LogP contribution in [0.2, 0.25) is 0 Å². The van der Waals surface area contributed by atoms with E-state index in [2.05, 4.69) is 5.32 Å². The first-order valence-electron chi connectivity index (χ1n) is 9.45. The van der Waals surface area contributed by atoms with Gasteiger partial charge in [-0.1, -0.05) is 43.2 Å². The molecule has 136 valence electrons. The standard InChI is InChI=1S/C20H29N3O2/c1-22(14-16-7-3-2-4-8-16)19(24)13-17-11-12-23(15-17)20(25)21-18-9-5-6-10-18/h2-4,7-8,17-18H,5-6,9-15H2,1H3,(H,21,25). The van der Waals surface area contributed by atoms with E-state index in [-0.39, 0.29) is 17.9 Å². The van der Waals surface area contributed by atoms with Crippen molar-refractivity contribution in [2.75, 3.05) is 20.1 Å². The lowest BCUT2D eigenvalue weighted by atomic mass is 10.0. The van der Waals surface area contributed by atoms with E-state index in [1.54, 1.807) is 4.90 Å². The lowest BCUT2D eigenvalue weighted by Gasteiger charge is -2.21. The average Bonchev–Trinajstić information content (AvgIpc) is 3.27. The van der Waals surface area contributed by atoms with Gasteiger partial charge in [0, 0.05) is 39.1 Å². The quantitative estimate of drug-likeness (QED) is 0.893. The van der Waals surface area contributed by atoms with E-state index < -0.39 is 0 Å². The maximum absolute atomic E-state index is 12.5. The summed E-state index contributed by atoms with van der Waals surface area (Å²) in [6.45, 7) is 2.10. The van der Waals surface area contributed by atoms with Crippen molar-refractivity contribution in [2.24, 2.45) is 5.92 Å². The largest absolute Gasteiger partial charge is 0.341 e. The van der Waals surface area contributed by atoms with Crippen molar-refractivity contribution in [1.29, 1.82) is 0 Å². The van der Waals surface area contributed by atoms with Crippen LogP contribution in [0, 0.1) is 5.92 Å². The van der Waals surface area contributed by atoms with Gasteiger partial charge in [0.05, 0.1) is 0 Å². The summed E-state index contributed by atoms with van der Waals surface area (Å²) in [5.74, 6) is 0.437. The van der Waals surface area contributed by atoms with Gasteiger partial charge >= 0.3 is 6.03 Å². The molecule has 1 heterocycles. The van der Waals surface area contributed by atoms with Gasteiger partial charge in [-0.3, -0.25) is 4.79 Å². The van der Waals surface area contributed by atoms with Crippen molar-refractivity contribution < 1.29 is 9.59 Å². The maximum atomic E-state index is 12.5. The maximum Gasteiger partial charge on any atom is 0.317 e. The van der Waals surface area contributed by atoms with E-state index in [1.807, 2.05) is 42.3 Å². The van der Waals surface area contributed by atoms with Crippen LogP contribution in [0.25, 0.3) is 0 Å². The Morgan fingerprint density at radius 2 is 1.88 bits per heavy atom. The van der Waals surface area contributed by atoms with Crippen molar-refractivity contribution in [3.63, 3.8) is 0 Å². The zero-order valence-electron chi connectivity index (χ0n) is 15.1. The monoisotopic (exact) mass is 343 g/mol. The van der Waals surface area contributed by atoms with Crippen molar-refractivity contribution >= 4 is 11.9 Å². The molecule has 3 amide bonds. The molecule has 1 aromatic rings. The Morgan fingerprint density at radius 3 is 2.60 bits per heavy atom. The number of nitrogens with zero attached hydrogens (tertiary/aromatic N) is 2. The summed E-state index contributed by atoms with van der Waals surface area (Å²) < 4.78 is 0. The van der Waals surface area contributed by atoms with Crippen LogP contribution in [-0.4, -0.2) is 47.9 Å². The minimum atomic E-state index is 0.0551. The SMILES string of the molecule is CN(Cc1ccccc1)C(=O)CC1CCN(C(=O)NC2CCCC2)C1. The summed E-state index contributed by atoms with van der Waals surface area (Å²) in [6.07, 6.45) is 6.09. The summed E-state index contributed by atoms with van der Waals surface area (Å²) >= 11 is 0. The van der Waals surface area contributed by atoms with Crippen molar-refractivity contribution in [2.45, 2.75) is 51.1 Å². The van der Waals surface area contributed by atoms with E-state index in [4.69, 9.17) is 0 Å². The first-order chi connectivity index (χ1) is 12.1. The molecule has 1 saturated heterocycles. The number of amides is 3. The summed E-state index contributed by atoms with van der Waals surface area (Å²) in [6, 6.07) is 10.4. The van der Waals surface area contributed by atoms with Crippen LogP contribution >= 0.6 is 0 Å². The third-order valence-electron chi connectivity index (χ3n) is 5.41. The first-order valence-corrected chi connectivity index (χ1v) is 9.45. The molecule has 1 aromatic carbocycles. The number of rotatable bonds is 5. The second-order valence-corrected chi connectivity index (χ2v) is 7.47. The first kappa shape index (κ1) is 17.8. The molecule has 0 radical (unpaired) electrons. The number of carbonyl (C=O) groups is 2. The van der Waals surface area contributed by atoms with Gasteiger partial charge in [-0.05, 0) is 30.7 Å². The predicted octanol–water partition coefficient (Wildman–Crippen LogP) is 3.01. The van der Waals surface area contributed by atoms with E-state index in [9.17, 15) is 9.59 Å². The molecular weight excluding hydrogens is 314 g/mol. The summed E-state index contributed by atoms with van der Waals surface area (Å²) in [5, 5.41) is 3.14. The highest BCUT2D eigenvalue weighted by molar-refractivity contribution is 5.77. The van der Waals surface area contributed by atoms with Gasteiger partial charge in [-0.25, -0.2) is 4.79 Å². The Labute approximate surface area is 150 Å². The molecule has 1 unspecified atom stereocenters. The summed E-state index contributed by atoms with van der Waals surface area (Å²) in [7, 11) is 1.86. The van der Waals surface area contributed by atoms with Gasteiger partial charge in [-0.2, -0.15) is 0 Å². The minimum absolute atomic E-state index is 0.0551. The fourth-order valence-electron chi connectivity index (χ4n) is 3.87. The summed E-state index contributed by atoms with van der Waals surface area (Å²) in [5.41, 5.74) is 1.14. The van der Waals surface area contributed by atoms with Gasteiger partial charge in [0.15, 0.2) is 0 Å². The molecule has 0 aromatic heterocycles. The Kier molecular flexibility index (Phi) is 5.95. The number of hydrogen-bond acceptors (Lipinski definition) is 2. The molecule has 2 aliphatic rings. The van der Waals surface area contributed by atoms with Crippen molar-refractivity contribution in [1.82, 2.24) is 15.1 Å². The molecule has 0 bridgehead atoms. The second kappa shape index (κ2) is 8.37. The van der Waals surface area contributed by atoms with Crippen LogP contribution < -0.4 is 5.32 Å². The number of hydrogen-bond donors (Lipinski definition) is 1. The van der Waals surface area contributed by atoms with Gasteiger partial charge in [0.1, 0.15) is 0 Å². The molecule has 1 atom stereocenters. The van der Waals surface area contributed by atoms with Gasteiger partial charge in [0.25, 0.3) is 0 Å². The highest BCUT2D eigenvalue weighted by Crippen LogP contribution is 2.22. The zero-order chi connectivity index (χ0) is 17.6. The molecule has 1 N–H and O–H groups in total. The van der Waals surface area contributed by atoms with Crippen LogP contribution in [0.4, 0.5) is 4.79 Å². The second-order valence-electron chi connectivity index (χ2n) is 7.47. The van der Waals surface area contributed by atoms with Crippen LogP contribution in [0.3, 0.4) is 0 Å². The Balaban J connectivity index is 1.42. The van der Waals surface area contributed by atoms with Crippen LogP contribution in [0.5, 0.6) is 0 Å². The normalized spacial score (nSPS) is 20.7. The third kappa shape index (κ3) is 4.97. The Bertz CT molecular complexity index is 584. The van der Waals surface area contributed by atoms with Gasteiger partial charge in [0.2, 0.25) is 5.91 Å². The van der Waals surface area contributed by atoms with Crippen LogP contribution in [0.1, 0.15) is 44.1 Å². The van der Waals surface area contributed by atoms with E-state index in [0.717, 1.165) is 31.4 Å². The molecule has 1 aliphatic carbocycles. The predicted molar refractivity (Wildman–Crippen MR) is 98.0 cm³/mol. The molecule has 5 nitrogen and oxygen atoms in total. The Morgan fingerprint density at radius 1 is 1.16 bits per heavy atom. The molecular formula is C20H29N3O2. The molecule has 1 saturated carbocycles. The third-order valence-corrected chi connectivity index (χ3v) is 5.41. The molecule has 5 heteroatoms. The number of benzene rings is 1. The summed E-state index contributed by atoms with van der Waals surface area (Å²) in [4.78, 5) is 28.5. The minimum Gasteiger partial charge on any atom is -0.341 e. The van der Waals surface area contributed by atoms with Crippen LogP contribution in [0.15, 0.2) is 30.3 Å². The number of carbonyl (C=O) groups excluding carboxylic acids is 2. The fourth-order valence-corrected chi connectivity index (χ4v) is 3.87. The number of nitrogens with one attached hydrogen (secondary N) is 1. The average molecular weight is 343 g/mol. The lowest BCUT2D eigenvalue weighted by molar-refractivity contribution is -0.131. The molecule has 25 heavy (non-hydrogen) atoms. The number of likely N-dealkylation sites (tertiary alicyclic amines) is 1. The van der Waals surface area contributed by atoms with Crippen LogP contribution in [-0.2, 0) is 11.3 Å². The fraction of sp³-hybridized carbons (Fsp3) is 0.600. The molecule has 0 spiro atoms. The van der Waals surface area contributed by atoms with E-state index in [0.29, 0.717) is 25.6 Å². The molecule has 2 fully saturated rings. The van der Waals surface area contributed by atoms with Gasteiger partial charge < -0.3 is 15.1 Å². The molecule has 1 aliphatic heterocycles. The van der Waals surface area contributed by atoms with Crippen molar-refractivity contribution in [3.05, 3.63) is 35.9 Å². The lowest BCUT2D eigenvalue weighted by Crippen LogP contribution is -2.43.